The maximum atomic E-state index is 13.5. The summed E-state index contributed by atoms with van der Waals surface area (Å²) in [5.41, 5.74) is 6.69. The second-order valence-corrected chi connectivity index (χ2v) is 5.13. The molecule has 0 heterocycles. The highest BCUT2D eigenvalue weighted by Crippen LogP contribution is 2.27. The number of hydrogen-bond acceptors (Lipinski definition) is 3. The largest absolute Gasteiger partial charge is 0.505 e. The zero-order valence-corrected chi connectivity index (χ0v) is 12.2. The summed E-state index contributed by atoms with van der Waals surface area (Å²) in [6.45, 7) is 1.74. The van der Waals surface area contributed by atoms with Gasteiger partial charge in [0.05, 0.1) is 15.7 Å². The topological polar surface area (TPSA) is 75.4 Å². The molecule has 0 atom stereocenters. The molecule has 1 amide bonds. The first-order chi connectivity index (χ1) is 9.40. The van der Waals surface area contributed by atoms with Gasteiger partial charge in [-0.05, 0) is 52.7 Å². The lowest BCUT2D eigenvalue weighted by Gasteiger charge is -2.11. The predicted molar refractivity (Wildman–Crippen MR) is 79.3 cm³/mol. The number of carbonyl (C=O) groups excluding carboxylic acids is 1. The molecule has 4 N–H and O–H groups in total. The van der Waals surface area contributed by atoms with Gasteiger partial charge in [-0.2, -0.15) is 0 Å². The highest BCUT2D eigenvalue weighted by Gasteiger charge is 2.15. The van der Waals surface area contributed by atoms with Gasteiger partial charge in [0.25, 0.3) is 5.91 Å². The quantitative estimate of drug-likeness (QED) is 0.580. The van der Waals surface area contributed by atoms with Gasteiger partial charge in [-0.15, -0.1) is 0 Å². The Bertz CT molecular complexity index is 689. The second kappa shape index (κ2) is 5.50. The van der Waals surface area contributed by atoms with E-state index >= 15 is 0 Å². The van der Waals surface area contributed by atoms with Crippen LogP contribution in [0.15, 0.2) is 34.8 Å². The van der Waals surface area contributed by atoms with Gasteiger partial charge >= 0.3 is 0 Å². The van der Waals surface area contributed by atoms with Crippen molar-refractivity contribution in [2.45, 2.75) is 6.92 Å². The third kappa shape index (κ3) is 2.75. The maximum absolute atomic E-state index is 13.5. The lowest BCUT2D eigenvalue weighted by atomic mass is 10.1. The third-order valence-electron chi connectivity index (χ3n) is 2.83. The number of halogens is 2. The number of aryl methyl sites for hydroxylation is 1. The number of phenols is 1. The van der Waals surface area contributed by atoms with E-state index in [2.05, 4.69) is 21.2 Å². The van der Waals surface area contributed by atoms with Crippen molar-refractivity contribution < 1.29 is 14.3 Å². The van der Waals surface area contributed by atoms with Crippen LogP contribution in [-0.4, -0.2) is 11.0 Å². The van der Waals surface area contributed by atoms with Crippen molar-refractivity contribution in [2.75, 3.05) is 11.1 Å². The fraction of sp³-hybridized carbons (Fsp3) is 0.0714. The predicted octanol–water partition coefficient (Wildman–Crippen LogP) is 3.44. The minimum atomic E-state index is -0.556. The number of anilines is 2. The third-order valence-corrected chi connectivity index (χ3v) is 3.44. The first-order valence-electron chi connectivity index (χ1n) is 5.74. The fourth-order valence-corrected chi connectivity index (χ4v) is 2.17. The number of carbonyl (C=O) groups is 1. The number of benzene rings is 2. The van der Waals surface area contributed by atoms with Gasteiger partial charge in [-0.25, -0.2) is 4.39 Å². The molecule has 104 valence electrons. The van der Waals surface area contributed by atoms with Gasteiger partial charge in [0.15, 0.2) is 5.75 Å². The van der Waals surface area contributed by atoms with Crippen LogP contribution in [0.1, 0.15) is 15.9 Å². The number of nitrogens with one attached hydrogen (secondary N) is 1. The Kier molecular flexibility index (Phi) is 3.94. The molecule has 0 spiro atoms. The van der Waals surface area contributed by atoms with E-state index in [0.717, 1.165) is 0 Å². The molecule has 2 aromatic rings. The van der Waals surface area contributed by atoms with Gasteiger partial charge < -0.3 is 16.2 Å². The van der Waals surface area contributed by atoms with E-state index in [9.17, 15) is 14.3 Å². The van der Waals surface area contributed by atoms with Crippen molar-refractivity contribution in [3.63, 3.8) is 0 Å². The molecular formula is C14H12BrFN2O2. The minimum Gasteiger partial charge on any atom is -0.505 e. The van der Waals surface area contributed by atoms with Crippen molar-refractivity contribution in [3.05, 3.63) is 51.7 Å². The zero-order valence-electron chi connectivity index (χ0n) is 10.6. The van der Waals surface area contributed by atoms with Crippen LogP contribution < -0.4 is 11.1 Å². The van der Waals surface area contributed by atoms with E-state index in [1.807, 2.05) is 0 Å². The highest BCUT2D eigenvalue weighted by molar-refractivity contribution is 9.10. The molecule has 0 unspecified atom stereocenters. The van der Waals surface area contributed by atoms with Crippen molar-refractivity contribution in [1.82, 2.24) is 0 Å². The lowest BCUT2D eigenvalue weighted by Crippen LogP contribution is -2.13. The Morgan fingerprint density at radius 2 is 2.10 bits per heavy atom. The Hall–Kier alpha value is -2.08. The first-order valence-corrected chi connectivity index (χ1v) is 6.54. The van der Waals surface area contributed by atoms with Crippen molar-refractivity contribution in [1.29, 1.82) is 0 Å². The molecule has 0 aliphatic rings. The first kappa shape index (κ1) is 14.3. The van der Waals surface area contributed by atoms with E-state index in [0.29, 0.717) is 15.7 Å². The summed E-state index contributed by atoms with van der Waals surface area (Å²) >= 11 is 3.07. The summed E-state index contributed by atoms with van der Waals surface area (Å²) in [5.74, 6) is -1.33. The van der Waals surface area contributed by atoms with Crippen LogP contribution in [0.3, 0.4) is 0 Å². The molecule has 2 rings (SSSR count). The molecule has 0 aliphatic heterocycles. The van der Waals surface area contributed by atoms with E-state index < -0.39 is 11.7 Å². The molecule has 6 heteroatoms. The van der Waals surface area contributed by atoms with Gasteiger partial charge in [0.2, 0.25) is 0 Å². The van der Waals surface area contributed by atoms with Gasteiger partial charge in [-0.3, -0.25) is 4.79 Å². The molecule has 0 bridgehead atoms. The molecule has 0 fully saturated rings. The summed E-state index contributed by atoms with van der Waals surface area (Å²) in [5, 5.41) is 12.3. The van der Waals surface area contributed by atoms with Crippen molar-refractivity contribution in [2.24, 2.45) is 0 Å². The van der Waals surface area contributed by atoms with Crippen LogP contribution >= 0.6 is 15.9 Å². The molecule has 0 saturated carbocycles. The number of rotatable bonds is 2. The van der Waals surface area contributed by atoms with Crippen LogP contribution in [0.25, 0.3) is 0 Å². The highest BCUT2D eigenvalue weighted by atomic mass is 79.9. The smallest absolute Gasteiger partial charge is 0.259 e. The monoisotopic (exact) mass is 338 g/mol. The van der Waals surface area contributed by atoms with E-state index in [1.165, 1.54) is 18.2 Å². The Balaban J connectivity index is 2.33. The summed E-state index contributed by atoms with van der Waals surface area (Å²) in [4.78, 5) is 12.1. The second-order valence-electron chi connectivity index (χ2n) is 4.28. The summed E-state index contributed by atoms with van der Waals surface area (Å²) in [6, 6.07) is 7.24. The molecule has 0 radical (unpaired) electrons. The summed E-state index contributed by atoms with van der Waals surface area (Å²) < 4.78 is 13.8. The average Bonchev–Trinajstić information content (AvgIpc) is 2.39. The number of para-hydroxylation sites is 1. The zero-order chi connectivity index (χ0) is 14.9. The molecular weight excluding hydrogens is 327 g/mol. The molecule has 2 aromatic carbocycles. The Labute approximate surface area is 123 Å². The van der Waals surface area contributed by atoms with Gasteiger partial charge in [-0.1, -0.05) is 6.07 Å². The molecule has 4 nitrogen and oxygen atoms in total. The molecule has 0 aromatic heterocycles. The number of hydrogen-bond donors (Lipinski definition) is 3. The minimum absolute atomic E-state index is 0.0349. The van der Waals surface area contributed by atoms with Crippen molar-refractivity contribution in [3.8, 4) is 5.75 Å². The van der Waals surface area contributed by atoms with E-state index in [1.54, 1.807) is 19.1 Å². The SMILES string of the molecule is Cc1cc(Br)c(F)cc1NC(=O)c1cccc(N)c1O. The fourth-order valence-electron chi connectivity index (χ4n) is 1.72. The van der Waals surface area contributed by atoms with Crippen LogP contribution in [0.4, 0.5) is 15.8 Å². The van der Waals surface area contributed by atoms with E-state index in [4.69, 9.17) is 5.73 Å². The molecule has 0 saturated heterocycles. The number of aromatic hydroxyl groups is 1. The van der Waals surface area contributed by atoms with Crippen LogP contribution in [0, 0.1) is 12.7 Å². The van der Waals surface area contributed by atoms with Gasteiger partial charge in [0.1, 0.15) is 5.82 Å². The number of nitrogens with two attached hydrogens (primary N) is 1. The molecule has 0 aliphatic carbocycles. The molecule has 20 heavy (non-hydrogen) atoms. The number of amides is 1. The van der Waals surface area contributed by atoms with E-state index in [-0.39, 0.29) is 17.0 Å². The summed E-state index contributed by atoms with van der Waals surface area (Å²) in [6.07, 6.45) is 0. The average molecular weight is 339 g/mol. The normalized spacial score (nSPS) is 10.3. The van der Waals surface area contributed by atoms with Crippen LogP contribution in [0.2, 0.25) is 0 Å². The number of nitrogen functional groups attached to an aromatic ring is 1. The van der Waals surface area contributed by atoms with Crippen molar-refractivity contribution >= 4 is 33.2 Å². The van der Waals surface area contributed by atoms with Crippen LogP contribution in [-0.2, 0) is 0 Å². The lowest BCUT2D eigenvalue weighted by molar-refractivity contribution is 0.102. The van der Waals surface area contributed by atoms with Crippen LogP contribution in [0.5, 0.6) is 5.75 Å². The Morgan fingerprint density at radius 3 is 2.80 bits per heavy atom. The number of phenolic OH excluding ortho intramolecular Hbond substituents is 1. The standard InChI is InChI=1S/C14H12BrFN2O2/c1-7-5-9(15)10(16)6-12(7)18-14(20)8-3-2-4-11(17)13(8)19/h2-6,19H,17H2,1H3,(H,18,20). The van der Waals surface area contributed by atoms with Gasteiger partial charge in [0, 0.05) is 5.69 Å². The Morgan fingerprint density at radius 1 is 1.40 bits per heavy atom. The summed E-state index contributed by atoms with van der Waals surface area (Å²) in [7, 11) is 0. The maximum Gasteiger partial charge on any atom is 0.259 e.